The lowest BCUT2D eigenvalue weighted by Gasteiger charge is -2.30. The van der Waals surface area contributed by atoms with Crippen LogP contribution in [0, 0.1) is 5.82 Å². The van der Waals surface area contributed by atoms with Crippen molar-refractivity contribution in [2.75, 3.05) is 29.9 Å². The number of carbonyl (C=O) groups excluding carboxylic acids is 1. The lowest BCUT2D eigenvalue weighted by molar-refractivity contribution is 0.0728. The molecular formula is C23H23FN6O. The van der Waals surface area contributed by atoms with E-state index in [1.807, 2.05) is 0 Å². The van der Waals surface area contributed by atoms with Crippen molar-refractivity contribution in [1.82, 2.24) is 19.9 Å². The van der Waals surface area contributed by atoms with Gasteiger partial charge in [0.05, 0.1) is 12.2 Å². The number of hydrogen-bond acceptors (Lipinski definition) is 6. The van der Waals surface area contributed by atoms with E-state index in [2.05, 4.69) is 15.2 Å². The van der Waals surface area contributed by atoms with Crippen LogP contribution >= 0.6 is 0 Å². The molecule has 0 atom stereocenters. The van der Waals surface area contributed by atoms with Gasteiger partial charge in [0.15, 0.2) is 0 Å². The molecule has 4 heterocycles. The molecule has 2 aromatic heterocycles. The fraction of sp³-hybridized carbons (Fsp3) is 0.304. The van der Waals surface area contributed by atoms with Crippen LogP contribution in [0.15, 0.2) is 48.7 Å². The second kappa shape index (κ2) is 8.29. The molecule has 8 heteroatoms. The normalized spacial score (nSPS) is 15.6. The van der Waals surface area contributed by atoms with Crippen LogP contribution in [-0.2, 0) is 13.0 Å². The van der Waals surface area contributed by atoms with Gasteiger partial charge in [0.25, 0.3) is 5.91 Å². The highest BCUT2D eigenvalue weighted by Gasteiger charge is 2.28. The van der Waals surface area contributed by atoms with Crippen molar-refractivity contribution in [3.05, 3.63) is 71.4 Å². The molecule has 158 valence electrons. The molecular weight excluding hydrogens is 395 g/mol. The van der Waals surface area contributed by atoms with Gasteiger partial charge in [-0.1, -0.05) is 12.1 Å². The summed E-state index contributed by atoms with van der Waals surface area (Å²) in [6.07, 6.45) is 4.50. The van der Waals surface area contributed by atoms with Crippen LogP contribution in [0.1, 0.15) is 34.6 Å². The van der Waals surface area contributed by atoms with Gasteiger partial charge in [-0.25, -0.2) is 9.37 Å². The number of carbonyl (C=O) groups is 1. The van der Waals surface area contributed by atoms with Crippen molar-refractivity contribution >= 4 is 23.4 Å². The number of nitrogens with zero attached hydrogens (tertiary/aromatic N) is 5. The third-order valence-corrected chi connectivity index (χ3v) is 5.70. The van der Waals surface area contributed by atoms with Crippen molar-refractivity contribution in [2.45, 2.75) is 25.8 Å². The molecule has 0 unspecified atom stereocenters. The van der Waals surface area contributed by atoms with Gasteiger partial charge < -0.3 is 15.1 Å². The summed E-state index contributed by atoms with van der Waals surface area (Å²) in [5.74, 6) is 0.877. The smallest absolute Gasteiger partial charge is 0.272 e. The van der Waals surface area contributed by atoms with Crippen LogP contribution < -0.4 is 10.2 Å². The molecule has 31 heavy (non-hydrogen) atoms. The minimum Gasteiger partial charge on any atom is -0.341 e. The summed E-state index contributed by atoms with van der Waals surface area (Å²) in [5, 5.41) is 3.26. The molecule has 0 spiro atoms. The zero-order valence-corrected chi connectivity index (χ0v) is 17.1. The molecule has 1 fully saturated rings. The SMILES string of the molecule is O=C(c1ccccn1)N1CCc2nc(N3CCCC3)nc(Nc3cccc(F)c3)c2C1. The second-order valence-electron chi connectivity index (χ2n) is 7.82. The Bertz CT molecular complexity index is 1100. The topological polar surface area (TPSA) is 74.2 Å². The van der Waals surface area contributed by atoms with Gasteiger partial charge in [-0.15, -0.1) is 0 Å². The number of pyridine rings is 1. The Morgan fingerprint density at radius 2 is 1.90 bits per heavy atom. The minimum atomic E-state index is -0.320. The first-order valence-electron chi connectivity index (χ1n) is 10.5. The molecule has 2 aliphatic rings. The van der Waals surface area contributed by atoms with Crippen LogP contribution in [-0.4, -0.2) is 45.4 Å². The highest BCUT2D eigenvalue weighted by atomic mass is 19.1. The van der Waals surface area contributed by atoms with Crippen molar-refractivity contribution < 1.29 is 9.18 Å². The summed E-state index contributed by atoms with van der Waals surface area (Å²) in [6.45, 7) is 2.81. The zero-order valence-electron chi connectivity index (χ0n) is 17.1. The van der Waals surface area contributed by atoms with Crippen molar-refractivity contribution in [3.63, 3.8) is 0 Å². The number of aromatic nitrogens is 3. The number of amides is 1. The molecule has 1 N–H and O–H groups in total. The Balaban J connectivity index is 1.49. The lowest BCUT2D eigenvalue weighted by atomic mass is 10.1. The maximum atomic E-state index is 13.7. The van der Waals surface area contributed by atoms with Crippen LogP contribution in [0.2, 0.25) is 0 Å². The largest absolute Gasteiger partial charge is 0.341 e. The molecule has 7 nitrogen and oxygen atoms in total. The molecule has 0 saturated carbocycles. The Labute approximate surface area is 180 Å². The zero-order chi connectivity index (χ0) is 21.2. The number of anilines is 3. The molecule has 0 bridgehead atoms. The Morgan fingerprint density at radius 3 is 2.68 bits per heavy atom. The maximum Gasteiger partial charge on any atom is 0.272 e. The molecule has 0 radical (unpaired) electrons. The molecule has 3 aromatic rings. The van der Waals surface area contributed by atoms with E-state index in [1.54, 1.807) is 41.4 Å². The number of benzene rings is 1. The summed E-state index contributed by atoms with van der Waals surface area (Å²) in [5.41, 5.74) is 2.82. The summed E-state index contributed by atoms with van der Waals surface area (Å²) >= 11 is 0. The Hall–Kier alpha value is -3.55. The monoisotopic (exact) mass is 418 g/mol. The summed E-state index contributed by atoms with van der Waals surface area (Å²) in [4.78, 5) is 30.7. The Morgan fingerprint density at radius 1 is 1.03 bits per heavy atom. The van der Waals surface area contributed by atoms with Gasteiger partial charge in [-0.2, -0.15) is 4.98 Å². The summed E-state index contributed by atoms with van der Waals surface area (Å²) < 4.78 is 13.7. The van der Waals surface area contributed by atoms with E-state index >= 15 is 0 Å². The number of hydrogen-bond donors (Lipinski definition) is 1. The van der Waals surface area contributed by atoms with E-state index in [9.17, 15) is 9.18 Å². The fourth-order valence-corrected chi connectivity index (χ4v) is 4.09. The van der Waals surface area contributed by atoms with E-state index in [1.165, 1.54) is 12.1 Å². The number of fused-ring (bicyclic) bond motifs is 1. The van der Waals surface area contributed by atoms with Crippen LogP contribution in [0.5, 0.6) is 0 Å². The van der Waals surface area contributed by atoms with Crippen molar-refractivity contribution in [3.8, 4) is 0 Å². The number of halogens is 1. The first-order chi connectivity index (χ1) is 15.2. The number of nitrogens with one attached hydrogen (secondary N) is 1. The van der Waals surface area contributed by atoms with E-state index in [4.69, 9.17) is 9.97 Å². The average Bonchev–Trinajstić information content (AvgIpc) is 3.34. The summed E-state index contributed by atoms with van der Waals surface area (Å²) in [6, 6.07) is 11.6. The van der Waals surface area contributed by atoms with Crippen molar-refractivity contribution in [1.29, 1.82) is 0 Å². The predicted molar refractivity (Wildman–Crippen MR) is 116 cm³/mol. The van der Waals surface area contributed by atoms with Gasteiger partial charge in [0.2, 0.25) is 5.95 Å². The third kappa shape index (κ3) is 4.05. The molecule has 5 rings (SSSR count). The van der Waals surface area contributed by atoms with Gasteiger partial charge in [0, 0.05) is 43.5 Å². The van der Waals surface area contributed by atoms with Crippen LogP contribution in [0.3, 0.4) is 0 Å². The quantitative estimate of drug-likeness (QED) is 0.699. The van der Waals surface area contributed by atoms with Crippen LogP contribution in [0.4, 0.5) is 21.8 Å². The van der Waals surface area contributed by atoms with Gasteiger partial charge >= 0.3 is 0 Å². The van der Waals surface area contributed by atoms with E-state index in [0.29, 0.717) is 42.7 Å². The van der Waals surface area contributed by atoms with Gasteiger partial charge in [0.1, 0.15) is 17.3 Å². The fourth-order valence-electron chi connectivity index (χ4n) is 4.09. The first kappa shape index (κ1) is 19.4. The average molecular weight is 418 g/mol. The molecule has 1 amide bonds. The summed E-state index contributed by atoms with van der Waals surface area (Å²) in [7, 11) is 0. The molecule has 1 aromatic carbocycles. The first-order valence-corrected chi connectivity index (χ1v) is 10.5. The maximum absolute atomic E-state index is 13.7. The predicted octanol–water partition coefficient (Wildman–Crippen LogP) is 3.55. The third-order valence-electron chi connectivity index (χ3n) is 5.70. The molecule has 0 aliphatic carbocycles. The van der Waals surface area contributed by atoms with Gasteiger partial charge in [-0.05, 0) is 43.2 Å². The lowest BCUT2D eigenvalue weighted by Crippen LogP contribution is -2.37. The number of rotatable bonds is 4. The minimum absolute atomic E-state index is 0.119. The van der Waals surface area contributed by atoms with Crippen molar-refractivity contribution in [2.24, 2.45) is 0 Å². The van der Waals surface area contributed by atoms with Crippen LogP contribution in [0.25, 0.3) is 0 Å². The highest BCUT2D eigenvalue weighted by Crippen LogP contribution is 2.30. The molecule has 1 saturated heterocycles. The van der Waals surface area contributed by atoms with E-state index in [-0.39, 0.29) is 11.7 Å². The Kier molecular flexibility index (Phi) is 5.19. The molecule has 2 aliphatic heterocycles. The second-order valence-corrected chi connectivity index (χ2v) is 7.82. The standard InChI is InChI=1S/C23H23FN6O/c24-16-6-5-7-17(14-16)26-21-18-15-30(22(31)20-8-1-2-10-25-20)13-9-19(18)27-23(28-21)29-11-3-4-12-29/h1-2,5-8,10,14H,3-4,9,11-13,15H2,(H,26,27,28). The van der Waals surface area contributed by atoms with Gasteiger partial charge in [-0.3, -0.25) is 9.78 Å². The highest BCUT2D eigenvalue weighted by molar-refractivity contribution is 5.92. The van der Waals surface area contributed by atoms with E-state index in [0.717, 1.165) is 37.2 Å². The van der Waals surface area contributed by atoms with E-state index < -0.39 is 0 Å².